The van der Waals surface area contributed by atoms with Crippen LogP contribution < -0.4 is 0 Å². The van der Waals surface area contributed by atoms with Crippen LogP contribution in [0.5, 0.6) is 0 Å². The average Bonchev–Trinajstić information content (AvgIpc) is 3.12. The van der Waals surface area contributed by atoms with Crippen LogP contribution in [0.2, 0.25) is 0 Å². The Hall–Kier alpha value is -1.59. The van der Waals surface area contributed by atoms with Gasteiger partial charge in [-0.3, -0.25) is 4.90 Å². The molecule has 1 aromatic carbocycles. The first-order chi connectivity index (χ1) is 9.66. The van der Waals surface area contributed by atoms with Crippen LogP contribution in [0.15, 0.2) is 52.2 Å². The van der Waals surface area contributed by atoms with Crippen LogP contribution in [0.1, 0.15) is 17.0 Å². The summed E-state index contributed by atoms with van der Waals surface area (Å²) in [6.45, 7) is 2.15. The van der Waals surface area contributed by atoms with Gasteiger partial charge in [0.15, 0.2) is 9.84 Å². The molecule has 2 aromatic rings. The predicted octanol–water partition coefficient (Wildman–Crippen LogP) is 2.03. The van der Waals surface area contributed by atoms with Gasteiger partial charge in [0.25, 0.3) is 0 Å². The fourth-order valence-electron chi connectivity index (χ4n) is 3.44. The van der Waals surface area contributed by atoms with Crippen molar-refractivity contribution in [2.24, 2.45) is 0 Å². The molecule has 2 atom stereocenters. The van der Waals surface area contributed by atoms with Crippen LogP contribution in [0.25, 0.3) is 0 Å². The topological polar surface area (TPSA) is 50.5 Å². The highest BCUT2D eigenvalue weighted by Gasteiger charge is 2.49. The van der Waals surface area contributed by atoms with Crippen LogP contribution in [0, 0.1) is 0 Å². The maximum atomic E-state index is 12.6. The van der Waals surface area contributed by atoms with E-state index in [1.165, 1.54) is 0 Å². The number of benzene rings is 1. The number of nitrogens with zero attached hydrogens (tertiary/aromatic N) is 1. The normalized spacial score (nSPS) is 27.4. The average molecular weight is 289 g/mol. The lowest BCUT2D eigenvalue weighted by Gasteiger charge is -2.15. The minimum absolute atomic E-state index is 0.114. The Bertz CT molecular complexity index is 736. The van der Waals surface area contributed by atoms with Crippen LogP contribution in [0.3, 0.4) is 0 Å². The summed E-state index contributed by atoms with van der Waals surface area (Å²) in [6, 6.07) is 9.36. The zero-order chi connectivity index (χ0) is 13.7. The Morgan fingerprint density at radius 3 is 2.85 bits per heavy atom. The summed E-state index contributed by atoms with van der Waals surface area (Å²) < 4.78 is 30.2. The van der Waals surface area contributed by atoms with Gasteiger partial charge < -0.3 is 4.42 Å². The molecule has 1 aromatic heterocycles. The number of hydrogen-bond donors (Lipinski definition) is 0. The third-order valence-electron chi connectivity index (χ3n) is 4.35. The zero-order valence-electron chi connectivity index (χ0n) is 10.9. The molecule has 0 N–H and O–H groups in total. The van der Waals surface area contributed by atoms with Crippen LogP contribution in [0.4, 0.5) is 0 Å². The number of sulfone groups is 1. The van der Waals surface area contributed by atoms with E-state index in [9.17, 15) is 8.42 Å². The van der Waals surface area contributed by atoms with Crippen molar-refractivity contribution in [3.63, 3.8) is 0 Å². The molecule has 0 amide bonds. The first-order valence-corrected chi connectivity index (χ1v) is 8.27. The highest BCUT2D eigenvalue weighted by molar-refractivity contribution is 7.92. The Balaban J connectivity index is 1.66. The van der Waals surface area contributed by atoms with E-state index in [0.29, 0.717) is 11.4 Å². The number of rotatable bonds is 2. The lowest BCUT2D eigenvalue weighted by molar-refractivity contribution is 0.324. The van der Waals surface area contributed by atoms with Gasteiger partial charge in [0.2, 0.25) is 0 Å². The Morgan fingerprint density at radius 1 is 1.20 bits per heavy atom. The number of likely N-dealkylation sites (tertiary alicyclic amines) is 1. The van der Waals surface area contributed by atoms with Crippen molar-refractivity contribution in [2.75, 3.05) is 13.1 Å². The van der Waals surface area contributed by atoms with E-state index < -0.39 is 9.84 Å². The Kier molecular flexibility index (Phi) is 2.56. The van der Waals surface area contributed by atoms with E-state index in [2.05, 4.69) is 4.90 Å². The first kappa shape index (κ1) is 12.2. The third-order valence-corrected chi connectivity index (χ3v) is 6.61. The smallest absolute Gasteiger partial charge is 0.183 e. The fraction of sp³-hybridized carbons (Fsp3) is 0.333. The summed E-state index contributed by atoms with van der Waals surface area (Å²) in [7, 11) is -3.16. The maximum Gasteiger partial charge on any atom is 0.183 e. The fourth-order valence-corrected chi connectivity index (χ4v) is 5.66. The molecule has 0 bridgehead atoms. The van der Waals surface area contributed by atoms with Crippen molar-refractivity contribution >= 4 is 9.84 Å². The maximum absolute atomic E-state index is 12.6. The Morgan fingerprint density at radius 2 is 2.05 bits per heavy atom. The molecular weight excluding hydrogens is 274 g/mol. The number of furan rings is 1. The molecule has 5 heteroatoms. The molecule has 4 nitrogen and oxygen atoms in total. The van der Waals surface area contributed by atoms with E-state index in [0.717, 1.165) is 24.2 Å². The second kappa shape index (κ2) is 4.20. The first-order valence-electron chi connectivity index (χ1n) is 6.72. The van der Waals surface area contributed by atoms with Crippen molar-refractivity contribution in [1.29, 1.82) is 0 Å². The quantitative estimate of drug-likeness (QED) is 0.849. The minimum atomic E-state index is -3.16. The van der Waals surface area contributed by atoms with Crippen molar-refractivity contribution in [2.45, 2.75) is 22.6 Å². The second-order valence-electron chi connectivity index (χ2n) is 5.55. The summed E-state index contributed by atoms with van der Waals surface area (Å²) in [5, 5.41) is -0.285. The van der Waals surface area contributed by atoms with E-state index in [4.69, 9.17) is 4.42 Å². The Labute approximate surface area is 117 Å². The summed E-state index contributed by atoms with van der Waals surface area (Å²) in [6.07, 6.45) is 3.37. The molecule has 1 saturated heterocycles. The molecule has 1 fully saturated rings. The minimum Gasteiger partial charge on any atom is -0.472 e. The predicted molar refractivity (Wildman–Crippen MR) is 74.1 cm³/mol. The molecule has 2 aliphatic heterocycles. The zero-order valence-corrected chi connectivity index (χ0v) is 11.7. The lowest BCUT2D eigenvalue weighted by atomic mass is 9.99. The van der Waals surface area contributed by atoms with Gasteiger partial charge in [-0.15, -0.1) is 0 Å². The van der Waals surface area contributed by atoms with Gasteiger partial charge in [0.1, 0.15) is 0 Å². The van der Waals surface area contributed by atoms with E-state index >= 15 is 0 Å². The summed E-state index contributed by atoms with van der Waals surface area (Å²) >= 11 is 0. The van der Waals surface area contributed by atoms with Gasteiger partial charge in [-0.1, -0.05) is 18.2 Å². The van der Waals surface area contributed by atoms with Crippen molar-refractivity contribution in [3.8, 4) is 0 Å². The molecule has 0 spiro atoms. The lowest BCUT2D eigenvalue weighted by Crippen LogP contribution is -2.25. The highest BCUT2D eigenvalue weighted by Crippen LogP contribution is 2.44. The second-order valence-corrected chi connectivity index (χ2v) is 7.69. The van der Waals surface area contributed by atoms with Gasteiger partial charge in [-0.2, -0.15) is 0 Å². The van der Waals surface area contributed by atoms with Crippen molar-refractivity contribution in [3.05, 3.63) is 54.0 Å². The van der Waals surface area contributed by atoms with Crippen molar-refractivity contribution in [1.82, 2.24) is 4.90 Å². The molecule has 0 saturated carbocycles. The number of fused-ring (bicyclic) bond motifs is 3. The number of hydrogen-bond acceptors (Lipinski definition) is 4. The summed E-state index contributed by atoms with van der Waals surface area (Å²) in [5.74, 6) is 0.114. The summed E-state index contributed by atoms with van der Waals surface area (Å²) in [4.78, 5) is 2.74. The van der Waals surface area contributed by atoms with Gasteiger partial charge in [-0.25, -0.2) is 8.42 Å². The standard InChI is InChI=1S/C15H15NO3S/c17-20(18)14-4-2-1-3-12(14)13-8-16(9-15(13)20)7-11-5-6-19-10-11/h1-6,10,13,15H,7-9H2/t13-,15-/m1/s1. The molecule has 3 heterocycles. The van der Waals surface area contributed by atoms with Crippen molar-refractivity contribution < 1.29 is 12.8 Å². The van der Waals surface area contributed by atoms with E-state index in [1.807, 2.05) is 18.2 Å². The summed E-state index contributed by atoms with van der Waals surface area (Å²) in [5.41, 5.74) is 2.09. The molecule has 20 heavy (non-hydrogen) atoms. The van der Waals surface area contributed by atoms with Gasteiger partial charge in [-0.05, 0) is 17.7 Å². The molecule has 104 valence electrons. The van der Waals surface area contributed by atoms with Crippen LogP contribution in [-0.4, -0.2) is 31.7 Å². The van der Waals surface area contributed by atoms with Gasteiger partial charge >= 0.3 is 0 Å². The highest BCUT2D eigenvalue weighted by atomic mass is 32.2. The van der Waals surface area contributed by atoms with E-state index in [-0.39, 0.29) is 11.2 Å². The van der Waals surface area contributed by atoms with Gasteiger partial charge in [0.05, 0.1) is 22.7 Å². The van der Waals surface area contributed by atoms with E-state index in [1.54, 1.807) is 24.7 Å². The molecule has 4 rings (SSSR count). The third kappa shape index (κ3) is 1.66. The molecule has 0 radical (unpaired) electrons. The SMILES string of the molecule is O=S1(=O)c2ccccc2[C@H]2CN(Cc3ccoc3)C[C@H]21. The van der Waals surface area contributed by atoms with Gasteiger partial charge in [0, 0.05) is 31.1 Å². The molecule has 0 aliphatic carbocycles. The molecular formula is C15H15NO3S. The monoisotopic (exact) mass is 289 g/mol. The molecule has 0 unspecified atom stereocenters. The van der Waals surface area contributed by atoms with Crippen LogP contribution in [-0.2, 0) is 16.4 Å². The molecule has 2 aliphatic rings. The van der Waals surface area contributed by atoms with Crippen LogP contribution >= 0.6 is 0 Å². The largest absolute Gasteiger partial charge is 0.472 e.